The van der Waals surface area contributed by atoms with Crippen LogP contribution >= 0.6 is 31.9 Å². The van der Waals surface area contributed by atoms with Gasteiger partial charge in [0, 0.05) is 54.2 Å². The summed E-state index contributed by atoms with van der Waals surface area (Å²) in [5.74, 6) is 3.41. The molecule has 2 aliphatic heterocycles. The van der Waals surface area contributed by atoms with E-state index in [0.29, 0.717) is 11.4 Å². The molecule has 2 aliphatic carbocycles. The van der Waals surface area contributed by atoms with Gasteiger partial charge in [-0.15, -0.1) is 0 Å². The number of likely N-dealkylation sites (tertiary alicyclic amines) is 1. The van der Waals surface area contributed by atoms with Gasteiger partial charge in [0.15, 0.2) is 0 Å². The number of alkyl halides is 1. The molecular formula is C82H93BBr2K2N4O5. The van der Waals surface area contributed by atoms with Crippen molar-refractivity contribution in [2.24, 2.45) is 11.8 Å². The van der Waals surface area contributed by atoms with Crippen molar-refractivity contribution in [2.45, 2.75) is 96.3 Å². The Morgan fingerprint density at radius 1 is 0.490 bits per heavy atom. The summed E-state index contributed by atoms with van der Waals surface area (Å²) in [5, 5.41) is 31.0. The van der Waals surface area contributed by atoms with Crippen LogP contribution in [0.1, 0.15) is 109 Å². The standard InChI is InChI=1S/C23H29N.C17H19N.C17H13N.C12H11BO2.C6H11Br.C5H4BrN.CH2O3.CH4.2K.H/c1-2-9-20(10-3-1)21-12-14-22(15-13-21)23-11-6-16-24(18-23)17-19-7-4-5-8-19;2*1-2-5-14(6-3-1)15-8-10-16(11-9-15)17-7-4-12-18-13-17;14-13(15)12-8-6-11(7-9-12)10-4-2-1-3-5-10;7-5-6-3-1-2-4-6;6-5-2-1-3-7-4-5;2-1-4-3;;;;/h1-3,9-10,12-15,19,23H,4-8,11,16-18H2;1-3,5-6,8-11,17-18H,4,7,12-13H2;1-13H;1-9,14-15H;6H,1-5H2;1-4H;1,3H;1H4;;;/q;;;;;;;;2*+1;-1/p-1. The fraction of sp³-hybridized carbons (Fsp3) is 0.280. The van der Waals surface area contributed by atoms with Crippen LogP contribution in [0, 0.1) is 11.8 Å². The number of aromatic nitrogens is 2. The SMILES string of the molecule is BrCC1CCCC1.Brc1cccnc1.C.O=CO[O-].OB(O)c1ccc(-c2ccccc2)cc1.[H-].[K+].[K+].c1ccc(-c2ccc(-c3cccnc3)cc2)cc1.c1ccc(-c2ccc(C3CCCN(CC4CCCC4)C3)cc2)cc1.c1ccc(-c2ccc(C3CCCNC3)cc2)cc1. The summed E-state index contributed by atoms with van der Waals surface area (Å²) in [6.07, 6.45) is 24.2. The Bertz CT molecular complexity index is 3510. The second-order valence-corrected chi connectivity index (χ2v) is 25.5. The summed E-state index contributed by atoms with van der Waals surface area (Å²) in [7, 11) is -1.39. The van der Waals surface area contributed by atoms with Crippen molar-refractivity contribution in [1.82, 2.24) is 20.2 Å². The van der Waals surface area contributed by atoms with Gasteiger partial charge in [-0.1, -0.05) is 273 Å². The largest absolute Gasteiger partial charge is 1.00 e. The van der Waals surface area contributed by atoms with Crippen LogP contribution in [0.2, 0.25) is 0 Å². The van der Waals surface area contributed by atoms with Gasteiger partial charge in [0.25, 0.3) is 6.47 Å². The van der Waals surface area contributed by atoms with E-state index in [1.165, 1.54) is 159 Å². The third kappa shape index (κ3) is 29.4. The minimum absolute atomic E-state index is 0. The number of benzene rings is 8. The first-order valence-electron chi connectivity index (χ1n) is 32.9. The molecule has 2 atom stereocenters. The first-order chi connectivity index (χ1) is 45.8. The molecule has 490 valence electrons. The molecule has 96 heavy (non-hydrogen) atoms. The Hall–Kier alpha value is -4.37. The quantitative estimate of drug-likeness (QED) is 0.0360. The molecule has 4 fully saturated rings. The summed E-state index contributed by atoms with van der Waals surface area (Å²) in [6.45, 7) is 6.05. The molecule has 2 saturated carbocycles. The number of carbonyl (C=O) groups is 1. The van der Waals surface area contributed by atoms with Crippen molar-refractivity contribution in [3.63, 3.8) is 0 Å². The van der Waals surface area contributed by atoms with Crippen LogP contribution in [0.15, 0.2) is 272 Å². The average molecular weight is 1460 g/mol. The third-order valence-corrected chi connectivity index (χ3v) is 18.8. The average Bonchev–Trinajstić information content (AvgIpc) is 1.53. The summed E-state index contributed by atoms with van der Waals surface area (Å²) >= 11 is 6.72. The second-order valence-electron chi connectivity index (χ2n) is 24.0. The molecule has 10 aromatic rings. The maximum absolute atomic E-state index is 8.94. The molecule has 9 nitrogen and oxygen atoms in total. The molecular weight excluding hydrogens is 1370 g/mol. The summed E-state index contributed by atoms with van der Waals surface area (Å²) < 4.78 is 1.02. The van der Waals surface area contributed by atoms with E-state index in [0.717, 1.165) is 45.5 Å². The molecule has 0 amide bonds. The summed E-state index contributed by atoms with van der Waals surface area (Å²) in [4.78, 5) is 22.0. The fourth-order valence-corrected chi connectivity index (χ4v) is 13.3. The number of nitrogens with one attached hydrogen (secondary N) is 1. The van der Waals surface area contributed by atoms with Gasteiger partial charge >= 0.3 is 110 Å². The molecule has 2 aromatic heterocycles. The van der Waals surface area contributed by atoms with E-state index in [-0.39, 0.29) is 118 Å². The van der Waals surface area contributed by atoms with Crippen LogP contribution in [0.4, 0.5) is 0 Å². The molecule has 2 unspecified atom stereocenters. The minimum atomic E-state index is -1.39. The predicted molar refractivity (Wildman–Crippen MR) is 398 cm³/mol. The maximum atomic E-state index is 8.94. The van der Waals surface area contributed by atoms with Crippen LogP contribution in [0.25, 0.3) is 55.6 Å². The van der Waals surface area contributed by atoms with Gasteiger partial charge in [-0.25, -0.2) is 0 Å². The van der Waals surface area contributed by atoms with E-state index in [4.69, 9.17) is 20.1 Å². The Balaban J connectivity index is 0.000000252. The van der Waals surface area contributed by atoms with Gasteiger partial charge < -0.3 is 31.8 Å². The molecule has 4 aliphatic rings. The van der Waals surface area contributed by atoms with Gasteiger partial charge in [0.05, 0.1) is 0 Å². The molecule has 2 saturated heterocycles. The monoisotopic (exact) mass is 1460 g/mol. The molecule has 14 rings (SSSR count). The normalized spacial score (nSPS) is 15.4. The van der Waals surface area contributed by atoms with E-state index < -0.39 is 7.12 Å². The number of hydrogen-bond acceptors (Lipinski definition) is 9. The van der Waals surface area contributed by atoms with E-state index in [1.54, 1.807) is 30.7 Å². The molecule has 3 N–H and O–H groups in total. The fourth-order valence-electron chi connectivity index (χ4n) is 12.3. The van der Waals surface area contributed by atoms with Gasteiger partial charge in [0.2, 0.25) is 0 Å². The van der Waals surface area contributed by atoms with Crippen LogP contribution in [-0.2, 0) is 9.68 Å². The first-order valence-corrected chi connectivity index (χ1v) is 34.8. The zero-order valence-corrected chi connectivity index (χ0v) is 64.7. The predicted octanol–water partition coefficient (Wildman–Crippen LogP) is 12.6. The number of hydrogen-bond donors (Lipinski definition) is 3. The Labute approximate surface area is 676 Å². The smallest absolute Gasteiger partial charge is 1.00 e. The van der Waals surface area contributed by atoms with Crippen molar-refractivity contribution in [1.29, 1.82) is 0 Å². The molecule has 0 spiro atoms. The zero-order chi connectivity index (χ0) is 64.9. The molecule has 0 radical (unpaired) electrons. The van der Waals surface area contributed by atoms with Crippen LogP contribution in [-0.4, -0.2) is 76.6 Å². The van der Waals surface area contributed by atoms with Crippen LogP contribution in [0.5, 0.6) is 0 Å². The van der Waals surface area contributed by atoms with E-state index in [9.17, 15) is 0 Å². The summed E-state index contributed by atoms with van der Waals surface area (Å²) in [6, 6.07) is 83.7. The molecule has 8 aromatic carbocycles. The summed E-state index contributed by atoms with van der Waals surface area (Å²) in [5.41, 5.74) is 15.8. The van der Waals surface area contributed by atoms with Crippen molar-refractivity contribution in [3.8, 4) is 55.6 Å². The van der Waals surface area contributed by atoms with Gasteiger partial charge in [-0.05, 0) is 194 Å². The third-order valence-electron chi connectivity index (χ3n) is 17.4. The number of pyridine rings is 2. The molecule has 4 heterocycles. The Morgan fingerprint density at radius 2 is 0.865 bits per heavy atom. The number of carbonyl (C=O) groups excluding carboxylic acids is 1. The van der Waals surface area contributed by atoms with E-state index in [2.05, 4.69) is 221 Å². The Kier molecular flexibility index (Phi) is 41.5. The number of nitrogens with zero attached hydrogens (tertiary/aromatic N) is 3. The zero-order valence-electron chi connectivity index (χ0n) is 56.3. The van der Waals surface area contributed by atoms with Crippen molar-refractivity contribution in [3.05, 3.63) is 283 Å². The molecule has 14 heteroatoms. The number of halogens is 2. The first kappa shape index (κ1) is 82.3. The second kappa shape index (κ2) is 48.4. The van der Waals surface area contributed by atoms with E-state index in [1.807, 2.05) is 72.9 Å². The number of piperidine rings is 2. The number of rotatable bonds is 12. The van der Waals surface area contributed by atoms with Gasteiger partial charge in [-0.3, -0.25) is 14.8 Å². The van der Waals surface area contributed by atoms with Crippen molar-refractivity contribution in [2.75, 3.05) is 38.1 Å². The van der Waals surface area contributed by atoms with E-state index >= 15 is 0 Å². The van der Waals surface area contributed by atoms with Crippen LogP contribution in [0.3, 0.4) is 0 Å². The Morgan fingerprint density at radius 3 is 1.22 bits per heavy atom. The van der Waals surface area contributed by atoms with Gasteiger partial charge in [0.1, 0.15) is 0 Å². The molecule has 0 bridgehead atoms. The van der Waals surface area contributed by atoms with Crippen molar-refractivity contribution < 1.29 is 129 Å². The minimum Gasteiger partial charge on any atom is -1.00 e. The maximum Gasteiger partial charge on any atom is 1.00 e. The van der Waals surface area contributed by atoms with Gasteiger partial charge in [-0.2, -0.15) is 0 Å². The van der Waals surface area contributed by atoms with Crippen LogP contribution < -0.4 is 119 Å². The topological polar surface area (TPSA) is 131 Å². The van der Waals surface area contributed by atoms with Crippen molar-refractivity contribution >= 4 is 50.9 Å².